The Kier molecular flexibility index (Phi) is 2.44. The summed E-state index contributed by atoms with van der Waals surface area (Å²) in [6.07, 6.45) is 3.10. The normalized spacial score (nSPS) is 29.0. The van der Waals surface area contributed by atoms with Gasteiger partial charge in [-0.2, -0.15) is 0 Å². The van der Waals surface area contributed by atoms with Gasteiger partial charge in [0.1, 0.15) is 5.78 Å². The van der Waals surface area contributed by atoms with Crippen LogP contribution in [0, 0.1) is 5.92 Å². The molecule has 1 aliphatic carbocycles. The highest BCUT2D eigenvalue weighted by atomic mass is 16.3. The molecule has 10 heavy (non-hydrogen) atoms. The van der Waals surface area contributed by atoms with Gasteiger partial charge in [-0.15, -0.1) is 0 Å². The van der Waals surface area contributed by atoms with E-state index in [0.717, 1.165) is 19.3 Å². The van der Waals surface area contributed by atoms with Crippen molar-refractivity contribution in [1.29, 1.82) is 0 Å². The van der Waals surface area contributed by atoms with E-state index in [4.69, 9.17) is 5.11 Å². The van der Waals surface area contributed by atoms with Gasteiger partial charge in [-0.25, -0.2) is 0 Å². The zero-order valence-corrected chi connectivity index (χ0v) is 6.34. The van der Waals surface area contributed by atoms with Gasteiger partial charge in [0, 0.05) is 12.3 Å². The van der Waals surface area contributed by atoms with E-state index in [9.17, 15) is 4.79 Å². The predicted octanol–water partition coefficient (Wildman–Crippen LogP) is 1.13. The van der Waals surface area contributed by atoms with Crippen LogP contribution in [0.15, 0.2) is 0 Å². The highest BCUT2D eigenvalue weighted by molar-refractivity contribution is 5.82. The summed E-state index contributed by atoms with van der Waals surface area (Å²) < 4.78 is 0. The van der Waals surface area contributed by atoms with Gasteiger partial charge in [0.05, 0.1) is 6.10 Å². The first-order valence-corrected chi connectivity index (χ1v) is 3.91. The summed E-state index contributed by atoms with van der Waals surface area (Å²) >= 11 is 0. The maximum Gasteiger partial charge on any atom is 0.136 e. The smallest absolute Gasteiger partial charge is 0.136 e. The molecule has 0 aliphatic heterocycles. The Morgan fingerprint density at radius 3 is 2.90 bits per heavy atom. The third-order valence-corrected chi connectivity index (χ3v) is 2.06. The van der Waals surface area contributed by atoms with Crippen molar-refractivity contribution < 1.29 is 9.90 Å². The van der Waals surface area contributed by atoms with Crippen molar-refractivity contribution in [2.24, 2.45) is 5.92 Å². The zero-order valence-electron chi connectivity index (χ0n) is 6.34. The molecule has 2 unspecified atom stereocenters. The van der Waals surface area contributed by atoms with E-state index in [-0.39, 0.29) is 12.0 Å². The Morgan fingerprint density at radius 1 is 1.80 bits per heavy atom. The standard InChI is InChI=1S/C8H14O2/c1-6(9)5-7-3-2-4-8(7)10/h6-7,9H,2-5H2,1H3. The van der Waals surface area contributed by atoms with E-state index in [1.807, 2.05) is 0 Å². The fourth-order valence-electron chi connectivity index (χ4n) is 1.55. The maximum absolute atomic E-state index is 11.0. The number of aliphatic hydroxyl groups excluding tert-OH is 1. The summed E-state index contributed by atoms with van der Waals surface area (Å²) in [5, 5.41) is 8.98. The third-order valence-electron chi connectivity index (χ3n) is 2.06. The fourth-order valence-corrected chi connectivity index (χ4v) is 1.55. The van der Waals surface area contributed by atoms with E-state index >= 15 is 0 Å². The molecule has 1 fully saturated rings. The number of carbonyl (C=O) groups is 1. The molecule has 0 spiro atoms. The van der Waals surface area contributed by atoms with Crippen molar-refractivity contribution in [3.63, 3.8) is 0 Å². The van der Waals surface area contributed by atoms with Crippen molar-refractivity contribution in [2.75, 3.05) is 0 Å². The first-order valence-electron chi connectivity index (χ1n) is 3.91. The number of ketones is 1. The molecule has 1 aliphatic rings. The van der Waals surface area contributed by atoms with Crippen LogP contribution in [0.2, 0.25) is 0 Å². The Labute approximate surface area is 61.2 Å². The van der Waals surface area contributed by atoms with Crippen molar-refractivity contribution in [3.05, 3.63) is 0 Å². The molecule has 0 amide bonds. The minimum Gasteiger partial charge on any atom is -0.393 e. The zero-order chi connectivity index (χ0) is 7.56. The Bertz CT molecular complexity index is 129. The van der Waals surface area contributed by atoms with Crippen molar-refractivity contribution in [2.45, 2.75) is 38.7 Å². The molecular weight excluding hydrogens is 128 g/mol. The minimum atomic E-state index is -0.313. The van der Waals surface area contributed by atoms with Crippen LogP contribution in [0.25, 0.3) is 0 Å². The second-order valence-electron chi connectivity index (χ2n) is 3.14. The average Bonchev–Trinajstić information content (AvgIpc) is 2.15. The summed E-state index contributed by atoms with van der Waals surface area (Å²) in [4.78, 5) is 11.0. The van der Waals surface area contributed by atoms with Crippen LogP contribution in [0.1, 0.15) is 32.6 Å². The minimum absolute atomic E-state index is 0.167. The van der Waals surface area contributed by atoms with E-state index in [2.05, 4.69) is 0 Å². The number of rotatable bonds is 2. The summed E-state index contributed by atoms with van der Waals surface area (Å²) in [6, 6.07) is 0. The predicted molar refractivity (Wildman–Crippen MR) is 38.6 cm³/mol. The number of Topliss-reactive ketones (excluding diaryl/α,β-unsaturated/α-hetero) is 1. The largest absolute Gasteiger partial charge is 0.393 e. The second-order valence-corrected chi connectivity index (χ2v) is 3.14. The van der Waals surface area contributed by atoms with Crippen molar-refractivity contribution in [3.8, 4) is 0 Å². The number of hydrogen-bond acceptors (Lipinski definition) is 2. The molecule has 1 rings (SSSR count). The first-order chi connectivity index (χ1) is 4.70. The number of carbonyl (C=O) groups excluding carboxylic acids is 1. The van der Waals surface area contributed by atoms with Crippen LogP contribution in [0.3, 0.4) is 0 Å². The molecule has 2 atom stereocenters. The number of hydrogen-bond donors (Lipinski definition) is 1. The van der Waals surface area contributed by atoms with Gasteiger partial charge in [0.2, 0.25) is 0 Å². The molecule has 58 valence electrons. The lowest BCUT2D eigenvalue weighted by Gasteiger charge is -2.08. The van der Waals surface area contributed by atoms with E-state index in [0.29, 0.717) is 12.2 Å². The molecular formula is C8H14O2. The molecule has 0 saturated heterocycles. The Balaban J connectivity index is 2.33. The Hall–Kier alpha value is -0.370. The molecule has 0 heterocycles. The van der Waals surface area contributed by atoms with Gasteiger partial charge in [0.25, 0.3) is 0 Å². The van der Waals surface area contributed by atoms with Gasteiger partial charge in [-0.3, -0.25) is 4.79 Å². The lowest BCUT2D eigenvalue weighted by Crippen LogP contribution is -2.13. The van der Waals surface area contributed by atoms with Gasteiger partial charge in [-0.1, -0.05) is 0 Å². The fraction of sp³-hybridized carbons (Fsp3) is 0.875. The van der Waals surface area contributed by atoms with Crippen molar-refractivity contribution in [1.82, 2.24) is 0 Å². The molecule has 0 aromatic carbocycles. The van der Waals surface area contributed by atoms with Gasteiger partial charge in [-0.05, 0) is 26.2 Å². The highest BCUT2D eigenvalue weighted by Crippen LogP contribution is 2.25. The van der Waals surface area contributed by atoms with Gasteiger partial charge < -0.3 is 5.11 Å². The summed E-state index contributed by atoms with van der Waals surface area (Å²) in [5.74, 6) is 0.515. The lowest BCUT2D eigenvalue weighted by molar-refractivity contribution is -0.121. The van der Waals surface area contributed by atoms with Crippen LogP contribution in [-0.2, 0) is 4.79 Å². The van der Waals surface area contributed by atoms with Crippen LogP contribution in [0.4, 0.5) is 0 Å². The lowest BCUT2D eigenvalue weighted by atomic mass is 10.0. The topological polar surface area (TPSA) is 37.3 Å². The molecule has 1 saturated carbocycles. The summed E-state index contributed by atoms with van der Waals surface area (Å²) in [5.41, 5.74) is 0. The summed E-state index contributed by atoms with van der Waals surface area (Å²) in [7, 11) is 0. The van der Waals surface area contributed by atoms with E-state index in [1.165, 1.54) is 0 Å². The van der Waals surface area contributed by atoms with E-state index in [1.54, 1.807) is 6.92 Å². The molecule has 0 radical (unpaired) electrons. The highest BCUT2D eigenvalue weighted by Gasteiger charge is 2.24. The number of aliphatic hydroxyl groups is 1. The molecule has 2 heteroatoms. The van der Waals surface area contributed by atoms with Crippen LogP contribution >= 0.6 is 0 Å². The van der Waals surface area contributed by atoms with Gasteiger partial charge >= 0.3 is 0 Å². The van der Waals surface area contributed by atoms with Crippen LogP contribution in [-0.4, -0.2) is 17.0 Å². The SMILES string of the molecule is CC(O)CC1CCCC1=O. The Morgan fingerprint density at radius 2 is 2.50 bits per heavy atom. The molecule has 1 N–H and O–H groups in total. The average molecular weight is 142 g/mol. The van der Waals surface area contributed by atoms with Crippen LogP contribution < -0.4 is 0 Å². The maximum atomic E-state index is 11.0. The monoisotopic (exact) mass is 142 g/mol. The van der Waals surface area contributed by atoms with Crippen LogP contribution in [0.5, 0.6) is 0 Å². The molecule has 0 aromatic heterocycles. The molecule has 0 bridgehead atoms. The molecule has 2 nitrogen and oxygen atoms in total. The third kappa shape index (κ3) is 1.81. The second kappa shape index (κ2) is 3.15. The molecule has 0 aromatic rings. The quantitative estimate of drug-likeness (QED) is 0.627. The van der Waals surface area contributed by atoms with E-state index < -0.39 is 0 Å². The van der Waals surface area contributed by atoms with Crippen molar-refractivity contribution >= 4 is 5.78 Å². The first kappa shape index (κ1) is 7.73. The summed E-state index contributed by atoms with van der Waals surface area (Å²) in [6.45, 7) is 1.74. The van der Waals surface area contributed by atoms with Gasteiger partial charge in [0.15, 0.2) is 0 Å².